The molecule has 4 nitrogen and oxygen atoms in total. The zero-order valence-corrected chi connectivity index (χ0v) is 12.4. The summed E-state index contributed by atoms with van der Waals surface area (Å²) in [6.07, 6.45) is 3.35. The number of hydrogen-bond acceptors (Lipinski definition) is 3. The summed E-state index contributed by atoms with van der Waals surface area (Å²) in [5, 5.41) is 3.51. The van der Waals surface area contributed by atoms with Crippen molar-refractivity contribution in [2.24, 2.45) is 0 Å². The first-order valence-corrected chi connectivity index (χ1v) is 7.41. The fourth-order valence-electron chi connectivity index (χ4n) is 2.62. The van der Waals surface area contributed by atoms with Gasteiger partial charge in [0.25, 0.3) is 5.91 Å². The largest absolute Gasteiger partial charge is 0.497 e. The molecular weight excluding hydrogens is 252 g/mol. The van der Waals surface area contributed by atoms with Crippen LogP contribution in [0.25, 0.3) is 0 Å². The van der Waals surface area contributed by atoms with Crippen LogP contribution in [0.3, 0.4) is 0 Å². The van der Waals surface area contributed by atoms with Gasteiger partial charge in [0.05, 0.1) is 7.11 Å². The summed E-state index contributed by atoms with van der Waals surface area (Å²) in [7, 11) is 1.62. The fourth-order valence-corrected chi connectivity index (χ4v) is 2.62. The molecule has 1 saturated heterocycles. The molecule has 0 aromatic heterocycles. The van der Waals surface area contributed by atoms with Crippen LogP contribution in [0.1, 0.15) is 36.5 Å². The van der Waals surface area contributed by atoms with E-state index in [-0.39, 0.29) is 5.91 Å². The van der Waals surface area contributed by atoms with E-state index in [1.807, 2.05) is 29.2 Å². The van der Waals surface area contributed by atoms with Crippen molar-refractivity contribution in [3.8, 4) is 5.75 Å². The van der Waals surface area contributed by atoms with Gasteiger partial charge >= 0.3 is 0 Å². The van der Waals surface area contributed by atoms with Gasteiger partial charge in [0.2, 0.25) is 0 Å². The third-order valence-corrected chi connectivity index (χ3v) is 3.71. The number of amides is 1. The van der Waals surface area contributed by atoms with E-state index in [4.69, 9.17) is 4.74 Å². The molecule has 1 unspecified atom stereocenters. The number of carbonyl (C=O) groups is 1. The Balaban J connectivity index is 2.00. The normalized spacial score (nSPS) is 18.9. The van der Waals surface area contributed by atoms with Crippen molar-refractivity contribution in [1.82, 2.24) is 10.2 Å². The minimum Gasteiger partial charge on any atom is -0.497 e. The molecule has 1 amide bonds. The van der Waals surface area contributed by atoms with Crippen LogP contribution < -0.4 is 10.1 Å². The molecule has 0 bridgehead atoms. The maximum Gasteiger partial charge on any atom is 0.254 e. The molecule has 20 heavy (non-hydrogen) atoms. The first-order valence-electron chi connectivity index (χ1n) is 7.41. The summed E-state index contributed by atoms with van der Waals surface area (Å²) in [6, 6.07) is 7.82. The first-order chi connectivity index (χ1) is 9.74. The Bertz CT molecular complexity index is 448. The molecule has 1 atom stereocenters. The second-order valence-electron chi connectivity index (χ2n) is 5.28. The first kappa shape index (κ1) is 14.9. The molecule has 4 heteroatoms. The van der Waals surface area contributed by atoms with Crippen LogP contribution in [0.2, 0.25) is 0 Å². The summed E-state index contributed by atoms with van der Waals surface area (Å²) < 4.78 is 5.18. The highest BCUT2D eigenvalue weighted by Gasteiger charge is 2.24. The van der Waals surface area contributed by atoms with Crippen LogP contribution in [0.5, 0.6) is 5.75 Å². The summed E-state index contributed by atoms with van der Waals surface area (Å²) in [5.74, 6) is 0.834. The van der Waals surface area contributed by atoms with Gasteiger partial charge < -0.3 is 15.0 Å². The summed E-state index contributed by atoms with van der Waals surface area (Å²) in [4.78, 5) is 14.5. The molecule has 1 aliphatic rings. The van der Waals surface area contributed by atoms with E-state index in [0.717, 1.165) is 44.6 Å². The van der Waals surface area contributed by atoms with Gasteiger partial charge in [-0.1, -0.05) is 13.0 Å². The molecule has 1 aromatic rings. The van der Waals surface area contributed by atoms with E-state index in [0.29, 0.717) is 11.6 Å². The highest BCUT2D eigenvalue weighted by molar-refractivity contribution is 5.94. The number of nitrogens with zero attached hydrogens (tertiary/aromatic N) is 1. The average molecular weight is 276 g/mol. The Hall–Kier alpha value is -1.55. The number of piperidine rings is 1. The predicted molar refractivity (Wildman–Crippen MR) is 80.2 cm³/mol. The SMILES string of the molecule is CCCNC1CCCN(C(=O)c2cccc(OC)c2)C1. The maximum atomic E-state index is 12.5. The Morgan fingerprint density at radius 3 is 3.10 bits per heavy atom. The summed E-state index contributed by atoms with van der Waals surface area (Å²) in [6.45, 7) is 4.83. The van der Waals surface area contributed by atoms with Gasteiger partial charge in [0.15, 0.2) is 0 Å². The van der Waals surface area contributed by atoms with E-state index >= 15 is 0 Å². The Labute approximate surface area is 121 Å². The quantitative estimate of drug-likeness (QED) is 0.897. The lowest BCUT2D eigenvalue weighted by molar-refractivity contribution is 0.0695. The number of likely N-dealkylation sites (tertiary alicyclic amines) is 1. The highest BCUT2D eigenvalue weighted by Crippen LogP contribution is 2.17. The lowest BCUT2D eigenvalue weighted by Gasteiger charge is -2.33. The number of rotatable bonds is 5. The third kappa shape index (κ3) is 3.73. The van der Waals surface area contributed by atoms with Crippen LogP contribution in [-0.4, -0.2) is 43.6 Å². The molecule has 1 N–H and O–H groups in total. The van der Waals surface area contributed by atoms with Crippen LogP contribution >= 0.6 is 0 Å². The Kier molecular flexibility index (Phi) is 5.41. The average Bonchev–Trinajstić information content (AvgIpc) is 2.52. The van der Waals surface area contributed by atoms with E-state index in [1.165, 1.54) is 0 Å². The van der Waals surface area contributed by atoms with Gasteiger partial charge in [-0.2, -0.15) is 0 Å². The van der Waals surface area contributed by atoms with Crippen molar-refractivity contribution < 1.29 is 9.53 Å². The van der Waals surface area contributed by atoms with Gasteiger partial charge in [-0.15, -0.1) is 0 Å². The van der Waals surface area contributed by atoms with Gasteiger partial charge in [-0.3, -0.25) is 4.79 Å². The van der Waals surface area contributed by atoms with Crippen molar-refractivity contribution in [3.63, 3.8) is 0 Å². The lowest BCUT2D eigenvalue weighted by atomic mass is 10.0. The van der Waals surface area contributed by atoms with Crippen molar-refractivity contribution in [1.29, 1.82) is 0 Å². The zero-order chi connectivity index (χ0) is 14.4. The van der Waals surface area contributed by atoms with E-state index in [2.05, 4.69) is 12.2 Å². The molecule has 0 radical (unpaired) electrons. The number of nitrogens with one attached hydrogen (secondary N) is 1. The molecule has 1 aromatic carbocycles. The second kappa shape index (κ2) is 7.29. The summed E-state index contributed by atoms with van der Waals surface area (Å²) in [5.41, 5.74) is 0.709. The van der Waals surface area contributed by atoms with Crippen molar-refractivity contribution in [2.75, 3.05) is 26.7 Å². The van der Waals surface area contributed by atoms with Crippen LogP contribution in [-0.2, 0) is 0 Å². The maximum absolute atomic E-state index is 12.5. The predicted octanol–water partition coefficient (Wildman–Crippen LogP) is 2.30. The standard InChI is InChI=1S/C16H24N2O2/c1-3-9-17-14-7-5-10-18(12-14)16(19)13-6-4-8-15(11-13)20-2/h4,6,8,11,14,17H,3,5,7,9-10,12H2,1-2H3. The number of ether oxygens (including phenoxy) is 1. The van der Waals surface area contributed by atoms with Gasteiger partial charge in [-0.25, -0.2) is 0 Å². The van der Waals surface area contributed by atoms with E-state index < -0.39 is 0 Å². The van der Waals surface area contributed by atoms with Crippen LogP contribution in [0.15, 0.2) is 24.3 Å². The molecule has 2 rings (SSSR count). The molecular formula is C16H24N2O2. The second-order valence-corrected chi connectivity index (χ2v) is 5.28. The molecule has 1 fully saturated rings. The van der Waals surface area contributed by atoms with Gasteiger partial charge in [-0.05, 0) is 44.0 Å². The minimum atomic E-state index is 0.104. The monoisotopic (exact) mass is 276 g/mol. The number of carbonyl (C=O) groups excluding carboxylic acids is 1. The van der Waals surface area contributed by atoms with Crippen LogP contribution in [0, 0.1) is 0 Å². The molecule has 0 spiro atoms. The van der Waals surface area contributed by atoms with Crippen LogP contribution in [0.4, 0.5) is 0 Å². The molecule has 0 saturated carbocycles. The topological polar surface area (TPSA) is 41.6 Å². The van der Waals surface area contributed by atoms with Crippen molar-refractivity contribution in [3.05, 3.63) is 29.8 Å². The Morgan fingerprint density at radius 2 is 2.35 bits per heavy atom. The van der Waals surface area contributed by atoms with Crippen molar-refractivity contribution in [2.45, 2.75) is 32.2 Å². The molecule has 110 valence electrons. The molecule has 1 heterocycles. The molecule has 1 aliphatic heterocycles. The molecule has 0 aliphatic carbocycles. The lowest BCUT2D eigenvalue weighted by Crippen LogP contribution is -2.48. The number of methoxy groups -OCH3 is 1. The summed E-state index contributed by atoms with van der Waals surface area (Å²) >= 11 is 0. The van der Waals surface area contributed by atoms with Gasteiger partial charge in [0.1, 0.15) is 5.75 Å². The van der Waals surface area contributed by atoms with Crippen molar-refractivity contribution >= 4 is 5.91 Å². The number of hydrogen-bond donors (Lipinski definition) is 1. The minimum absolute atomic E-state index is 0.104. The Morgan fingerprint density at radius 1 is 1.50 bits per heavy atom. The van der Waals surface area contributed by atoms with E-state index in [9.17, 15) is 4.79 Å². The fraction of sp³-hybridized carbons (Fsp3) is 0.562. The highest BCUT2D eigenvalue weighted by atomic mass is 16.5. The van der Waals surface area contributed by atoms with Gasteiger partial charge in [0, 0.05) is 24.7 Å². The van der Waals surface area contributed by atoms with E-state index in [1.54, 1.807) is 7.11 Å². The number of benzene rings is 1. The smallest absolute Gasteiger partial charge is 0.254 e. The third-order valence-electron chi connectivity index (χ3n) is 3.71. The zero-order valence-electron chi connectivity index (χ0n) is 12.4.